The van der Waals surface area contributed by atoms with Crippen molar-refractivity contribution in [2.75, 3.05) is 24.6 Å². The van der Waals surface area contributed by atoms with Crippen LogP contribution in [0.25, 0.3) is 0 Å². The zero-order valence-electron chi connectivity index (χ0n) is 14.2. The molecular formula is C16H37BP2. The van der Waals surface area contributed by atoms with Crippen LogP contribution in [0.1, 0.15) is 73.1 Å². The van der Waals surface area contributed by atoms with Crippen molar-refractivity contribution in [3.63, 3.8) is 0 Å². The molecular weight excluding hydrogens is 265 g/mol. The second-order valence-corrected chi connectivity index (χ2v) is 11.5. The highest BCUT2D eigenvalue weighted by Gasteiger charge is 2.29. The lowest BCUT2D eigenvalue weighted by atomic mass is 9.96. The average Bonchev–Trinajstić information content (AvgIpc) is 2.40. The van der Waals surface area contributed by atoms with Crippen molar-refractivity contribution in [3.8, 4) is 0 Å². The number of rotatable bonds is 13. The predicted octanol–water partition coefficient (Wildman–Crippen LogP) is 6.88. The summed E-state index contributed by atoms with van der Waals surface area (Å²) in [6, 6.07) is 0. The van der Waals surface area contributed by atoms with Crippen LogP contribution in [-0.2, 0) is 0 Å². The van der Waals surface area contributed by atoms with Gasteiger partial charge in [0.2, 0.25) is 0 Å². The Balaban J connectivity index is 4.76. The van der Waals surface area contributed by atoms with Crippen molar-refractivity contribution in [2.45, 2.75) is 79.5 Å². The summed E-state index contributed by atoms with van der Waals surface area (Å²) in [5, 5.41) is 0. The van der Waals surface area contributed by atoms with Gasteiger partial charge in [0.1, 0.15) is 0 Å². The maximum absolute atomic E-state index is 2.39. The van der Waals surface area contributed by atoms with E-state index in [0.29, 0.717) is 15.6 Å². The van der Waals surface area contributed by atoms with Crippen LogP contribution in [0.3, 0.4) is 0 Å². The molecule has 0 rings (SSSR count). The van der Waals surface area contributed by atoms with Crippen molar-refractivity contribution < 1.29 is 0 Å². The van der Waals surface area contributed by atoms with Crippen LogP contribution in [0.5, 0.6) is 0 Å². The minimum absolute atomic E-state index is 0.330. The third-order valence-corrected chi connectivity index (χ3v) is 12.0. The zero-order valence-corrected chi connectivity index (χ0v) is 16.0. The lowest BCUT2D eigenvalue weighted by Crippen LogP contribution is -2.16. The highest BCUT2D eigenvalue weighted by molar-refractivity contribution is 8.19. The van der Waals surface area contributed by atoms with Crippen LogP contribution in [-0.4, -0.2) is 30.8 Å². The average molecular weight is 302 g/mol. The molecule has 0 aliphatic carbocycles. The fraction of sp³-hybridized carbons (Fsp3) is 1.00. The molecule has 3 heteroatoms. The molecule has 0 amide bonds. The van der Waals surface area contributed by atoms with E-state index in [0.717, 1.165) is 6.15 Å². The Morgan fingerprint density at radius 1 is 0.579 bits per heavy atom. The van der Waals surface area contributed by atoms with Gasteiger partial charge in [0.25, 0.3) is 0 Å². The second kappa shape index (κ2) is 13.9. The Morgan fingerprint density at radius 2 is 0.947 bits per heavy atom. The third-order valence-electron chi connectivity index (χ3n) is 3.70. The van der Waals surface area contributed by atoms with E-state index in [1.54, 1.807) is 31.0 Å². The Hall–Kier alpha value is 0.925. The van der Waals surface area contributed by atoms with E-state index < -0.39 is 0 Å². The molecule has 0 saturated heterocycles. The summed E-state index contributed by atoms with van der Waals surface area (Å²) in [4.78, 5) is 0. The summed E-state index contributed by atoms with van der Waals surface area (Å²) in [7, 11) is 0.661. The first-order valence-corrected chi connectivity index (χ1v) is 12.3. The summed E-state index contributed by atoms with van der Waals surface area (Å²) < 4.78 is 0. The predicted molar refractivity (Wildman–Crippen MR) is 99.9 cm³/mol. The van der Waals surface area contributed by atoms with E-state index in [2.05, 4.69) is 34.6 Å². The van der Waals surface area contributed by atoms with Crippen molar-refractivity contribution in [2.24, 2.45) is 0 Å². The van der Waals surface area contributed by atoms with Crippen molar-refractivity contribution in [3.05, 3.63) is 0 Å². The Kier molecular flexibility index (Phi) is 14.6. The van der Waals surface area contributed by atoms with Crippen LogP contribution in [0, 0.1) is 0 Å². The Labute approximate surface area is 126 Å². The highest BCUT2D eigenvalue weighted by Crippen LogP contribution is 2.58. The van der Waals surface area contributed by atoms with Crippen LogP contribution in [0.15, 0.2) is 0 Å². The van der Waals surface area contributed by atoms with Gasteiger partial charge in [-0.25, -0.2) is 0 Å². The van der Waals surface area contributed by atoms with Crippen molar-refractivity contribution in [1.82, 2.24) is 0 Å². The highest BCUT2D eigenvalue weighted by atomic mass is 31.2. The van der Waals surface area contributed by atoms with Gasteiger partial charge in [-0.1, -0.05) is 79.5 Å². The molecule has 0 atom stereocenters. The summed E-state index contributed by atoms with van der Waals surface area (Å²) in [6.07, 6.45) is 17.4. The Bertz CT molecular complexity index is 160. The van der Waals surface area contributed by atoms with Crippen LogP contribution in [0.2, 0.25) is 6.32 Å². The fourth-order valence-corrected chi connectivity index (χ4v) is 11.2. The summed E-state index contributed by atoms with van der Waals surface area (Å²) in [6.45, 7) is 11.9. The SMILES string of the molecule is CCCCB(P(CCC)CCC)P(CCC)CCC. The largest absolute Gasteiger partial charge is 0.199 e. The number of hydrogen-bond donors (Lipinski definition) is 0. The first-order chi connectivity index (χ1) is 9.24. The lowest BCUT2D eigenvalue weighted by Gasteiger charge is -2.32. The summed E-state index contributed by atoms with van der Waals surface area (Å²) >= 11 is 0. The lowest BCUT2D eigenvalue weighted by molar-refractivity contribution is 0.880. The molecule has 0 heterocycles. The first kappa shape index (κ1) is 19.9. The molecule has 0 bridgehead atoms. The molecule has 0 radical (unpaired) electrons. The molecule has 114 valence electrons. The molecule has 0 aromatic rings. The van der Waals surface area contributed by atoms with Gasteiger partial charge < -0.3 is 0 Å². The van der Waals surface area contributed by atoms with Gasteiger partial charge in [-0.3, -0.25) is 0 Å². The monoisotopic (exact) mass is 302 g/mol. The number of hydrogen-bond acceptors (Lipinski definition) is 0. The maximum atomic E-state index is 2.39. The molecule has 0 unspecified atom stereocenters. The van der Waals surface area contributed by atoms with Crippen molar-refractivity contribution in [1.29, 1.82) is 0 Å². The van der Waals surface area contributed by atoms with Crippen LogP contribution >= 0.6 is 15.6 Å². The molecule has 0 fully saturated rings. The molecule has 0 nitrogen and oxygen atoms in total. The number of unbranched alkanes of at least 4 members (excludes halogenated alkanes) is 1. The summed E-state index contributed by atoms with van der Waals surface area (Å²) in [5.41, 5.74) is 0. The van der Waals surface area contributed by atoms with Gasteiger partial charge in [-0.15, -0.1) is 15.6 Å². The zero-order chi connectivity index (χ0) is 14.5. The van der Waals surface area contributed by atoms with E-state index in [1.165, 1.54) is 38.5 Å². The molecule has 0 spiro atoms. The fourth-order valence-electron chi connectivity index (χ4n) is 2.95. The Morgan fingerprint density at radius 3 is 1.21 bits per heavy atom. The van der Waals surface area contributed by atoms with Gasteiger partial charge in [0, 0.05) is 0 Å². The molecule has 0 aliphatic heterocycles. The smallest absolute Gasteiger partial charge is 0.135 e. The van der Waals surface area contributed by atoms with E-state index >= 15 is 0 Å². The van der Waals surface area contributed by atoms with Crippen molar-refractivity contribution >= 4 is 21.8 Å². The van der Waals surface area contributed by atoms with Gasteiger partial charge in [-0.05, 0) is 24.6 Å². The second-order valence-electron chi connectivity index (χ2n) is 5.69. The topological polar surface area (TPSA) is 0 Å². The molecule has 0 aromatic carbocycles. The van der Waals surface area contributed by atoms with E-state index in [1.807, 2.05) is 0 Å². The maximum Gasteiger partial charge on any atom is 0.199 e. The molecule has 0 aliphatic rings. The minimum Gasteiger partial charge on any atom is -0.135 e. The minimum atomic E-state index is 0.330. The molecule has 0 N–H and O–H groups in total. The van der Waals surface area contributed by atoms with E-state index in [4.69, 9.17) is 0 Å². The van der Waals surface area contributed by atoms with Gasteiger partial charge in [0.05, 0.1) is 0 Å². The third kappa shape index (κ3) is 8.73. The molecule has 19 heavy (non-hydrogen) atoms. The van der Waals surface area contributed by atoms with Gasteiger partial charge in [-0.2, -0.15) is 0 Å². The summed E-state index contributed by atoms with van der Waals surface area (Å²) in [5.74, 6) is 0. The first-order valence-electron chi connectivity index (χ1n) is 8.73. The van der Waals surface area contributed by atoms with Crippen LogP contribution in [0.4, 0.5) is 0 Å². The normalized spacial score (nSPS) is 11.5. The van der Waals surface area contributed by atoms with E-state index in [9.17, 15) is 0 Å². The van der Waals surface area contributed by atoms with Gasteiger partial charge >= 0.3 is 0 Å². The van der Waals surface area contributed by atoms with Gasteiger partial charge in [0.15, 0.2) is 6.15 Å². The molecule has 0 aromatic heterocycles. The quantitative estimate of drug-likeness (QED) is 0.257. The van der Waals surface area contributed by atoms with E-state index in [-0.39, 0.29) is 0 Å². The standard InChI is InChI=1S/C16H37BP2/c1-6-11-12-17(18(13-7-2)14-8-3)19(15-9-4)16-10-5/h6-16H2,1-5H3. The molecule has 0 saturated carbocycles. The van der Waals surface area contributed by atoms with Crippen LogP contribution < -0.4 is 0 Å².